The van der Waals surface area contributed by atoms with E-state index in [2.05, 4.69) is 15.6 Å². The summed E-state index contributed by atoms with van der Waals surface area (Å²) in [4.78, 5) is 26.1. The van der Waals surface area contributed by atoms with E-state index in [4.69, 9.17) is 0 Å². The lowest BCUT2D eigenvalue weighted by Crippen LogP contribution is -2.39. The van der Waals surface area contributed by atoms with Crippen LogP contribution in [-0.2, 0) is 11.3 Å². The predicted molar refractivity (Wildman–Crippen MR) is 66.9 cm³/mol. The first-order chi connectivity index (χ1) is 8.66. The van der Waals surface area contributed by atoms with Gasteiger partial charge in [-0.15, -0.1) is 0 Å². The third-order valence-corrected chi connectivity index (χ3v) is 2.46. The van der Waals surface area contributed by atoms with E-state index in [9.17, 15) is 9.59 Å². The van der Waals surface area contributed by atoms with Crippen molar-refractivity contribution in [3.05, 3.63) is 30.6 Å². The fourth-order valence-corrected chi connectivity index (χ4v) is 1.68. The number of urea groups is 1. The quantitative estimate of drug-likeness (QED) is 0.844. The molecule has 0 spiro atoms. The first kappa shape index (κ1) is 12.1. The zero-order chi connectivity index (χ0) is 13.0. The number of nitrogens with one attached hydrogen (secondary N) is 2. The number of amides is 3. The molecule has 0 aliphatic rings. The Morgan fingerprint density at radius 3 is 2.89 bits per heavy atom. The molecule has 2 aromatic rings. The minimum absolute atomic E-state index is 0.374. The number of benzene rings is 1. The highest BCUT2D eigenvalue weighted by molar-refractivity contribution is 5.92. The van der Waals surface area contributed by atoms with Crippen LogP contribution in [0.2, 0.25) is 0 Å². The van der Waals surface area contributed by atoms with Crippen LogP contribution in [0, 0.1) is 0 Å². The summed E-state index contributed by atoms with van der Waals surface area (Å²) in [6.07, 6.45) is 1.73. The maximum absolute atomic E-state index is 11.2. The number of imide groups is 1. The van der Waals surface area contributed by atoms with Crippen molar-refractivity contribution in [3.8, 4) is 0 Å². The topological polar surface area (TPSA) is 76.0 Å². The van der Waals surface area contributed by atoms with Gasteiger partial charge in [0.25, 0.3) is 0 Å². The van der Waals surface area contributed by atoms with E-state index in [1.165, 1.54) is 6.92 Å². The second-order valence-corrected chi connectivity index (χ2v) is 3.86. The molecule has 0 saturated heterocycles. The molecule has 1 heterocycles. The number of hydrogen-bond acceptors (Lipinski definition) is 3. The van der Waals surface area contributed by atoms with Crippen molar-refractivity contribution in [2.45, 2.75) is 13.5 Å². The fraction of sp³-hybridized carbons (Fsp3) is 0.250. The van der Waals surface area contributed by atoms with E-state index < -0.39 is 6.03 Å². The third-order valence-electron chi connectivity index (χ3n) is 2.46. The van der Waals surface area contributed by atoms with E-state index in [1.807, 2.05) is 28.8 Å². The van der Waals surface area contributed by atoms with Crippen LogP contribution in [0.25, 0.3) is 11.0 Å². The van der Waals surface area contributed by atoms with Gasteiger partial charge in [-0.2, -0.15) is 0 Å². The molecule has 3 amide bonds. The van der Waals surface area contributed by atoms with Gasteiger partial charge >= 0.3 is 6.03 Å². The van der Waals surface area contributed by atoms with Gasteiger partial charge in [0.2, 0.25) is 5.91 Å². The lowest BCUT2D eigenvalue weighted by atomic mass is 10.3. The first-order valence-electron chi connectivity index (χ1n) is 5.62. The van der Waals surface area contributed by atoms with Crippen LogP contribution in [-0.4, -0.2) is 28.0 Å². The van der Waals surface area contributed by atoms with Crippen molar-refractivity contribution in [3.63, 3.8) is 0 Å². The largest absolute Gasteiger partial charge is 0.336 e. The number of fused-ring (bicyclic) bond motifs is 1. The van der Waals surface area contributed by atoms with Crippen molar-refractivity contribution in [1.29, 1.82) is 0 Å². The molecular formula is C12H14N4O2. The lowest BCUT2D eigenvalue weighted by Gasteiger charge is -2.06. The van der Waals surface area contributed by atoms with E-state index in [0.717, 1.165) is 11.0 Å². The normalized spacial score (nSPS) is 10.3. The van der Waals surface area contributed by atoms with Crippen LogP contribution in [0.15, 0.2) is 30.6 Å². The molecule has 1 aromatic heterocycles. The van der Waals surface area contributed by atoms with Gasteiger partial charge in [-0.05, 0) is 12.1 Å². The smallest absolute Gasteiger partial charge is 0.321 e. The molecule has 0 aliphatic heterocycles. The van der Waals surface area contributed by atoms with Gasteiger partial charge in [-0.25, -0.2) is 9.78 Å². The molecule has 0 radical (unpaired) electrons. The Balaban J connectivity index is 1.91. The average molecular weight is 246 g/mol. The van der Waals surface area contributed by atoms with Gasteiger partial charge in [-0.1, -0.05) is 12.1 Å². The predicted octanol–water partition coefficient (Wildman–Crippen LogP) is 0.882. The van der Waals surface area contributed by atoms with Crippen LogP contribution >= 0.6 is 0 Å². The molecule has 6 heteroatoms. The highest BCUT2D eigenvalue weighted by Crippen LogP contribution is 2.10. The van der Waals surface area contributed by atoms with Crippen LogP contribution in [0.3, 0.4) is 0 Å². The highest BCUT2D eigenvalue weighted by Gasteiger charge is 2.03. The van der Waals surface area contributed by atoms with E-state index in [0.29, 0.717) is 13.1 Å². The molecule has 18 heavy (non-hydrogen) atoms. The Morgan fingerprint density at radius 1 is 1.33 bits per heavy atom. The first-order valence-corrected chi connectivity index (χ1v) is 5.62. The zero-order valence-corrected chi connectivity index (χ0v) is 10.0. The van der Waals surface area contributed by atoms with Gasteiger partial charge in [0.15, 0.2) is 0 Å². The molecular weight excluding hydrogens is 232 g/mol. The lowest BCUT2D eigenvalue weighted by molar-refractivity contribution is -0.117. The molecule has 2 rings (SSSR count). The number of hydrogen-bond donors (Lipinski definition) is 2. The summed E-state index contributed by atoms with van der Waals surface area (Å²) in [5, 5.41) is 4.74. The molecule has 94 valence electrons. The van der Waals surface area contributed by atoms with E-state index in [1.54, 1.807) is 6.33 Å². The maximum atomic E-state index is 11.2. The van der Waals surface area contributed by atoms with Crippen molar-refractivity contribution in [2.75, 3.05) is 6.54 Å². The summed E-state index contributed by atoms with van der Waals surface area (Å²) in [7, 11) is 0. The van der Waals surface area contributed by atoms with Crippen LogP contribution in [0.1, 0.15) is 6.92 Å². The molecule has 0 bridgehead atoms. The molecule has 0 aliphatic carbocycles. The van der Waals surface area contributed by atoms with E-state index >= 15 is 0 Å². The van der Waals surface area contributed by atoms with Crippen molar-refractivity contribution < 1.29 is 9.59 Å². The van der Waals surface area contributed by atoms with Gasteiger partial charge < -0.3 is 9.88 Å². The van der Waals surface area contributed by atoms with Crippen LogP contribution < -0.4 is 10.6 Å². The standard InChI is InChI=1S/C12H14N4O2/c1-9(17)15-12(18)13-6-7-16-8-14-10-4-2-3-5-11(10)16/h2-5,8H,6-7H2,1H3,(H2,13,15,17,18). The summed E-state index contributed by atoms with van der Waals surface area (Å²) in [6, 6.07) is 7.29. The number of carbonyl (C=O) groups is 2. The number of carbonyl (C=O) groups excluding carboxylic acids is 2. The molecule has 0 atom stereocenters. The summed E-state index contributed by atoms with van der Waals surface area (Å²) < 4.78 is 1.95. The maximum Gasteiger partial charge on any atom is 0.321 e. The van der Waals surface area contributed by atoms with Gasteiger partial charge in [0.05, 0.1) is 17.4 Å². The van der Waals surface area contributed by atoms with E-state index in [-0.39, 0.29) is 5.91 Å². The summed E-state index contributed by atoms with van der Waals surface area (Å²) in [5.74, 6) is -0.374. The minimum Gasteiger partial charge on any atom is -0.336 e. The minimum atomic E-state index is -0.480. The van der Waals surface area contributed by atoms with Gasteiger partial charge in [-0.3, -0.25) is 10.1 Å². The Morgan fingerprint density at radius 2 is 2.11 bits per heavy atom. The summed E-state index contributed by atoms with van der Waals surface area (Å²) >= 11 is 0. The molecule has 0 unspecified atom stereocenters. The Bertz CT molecular complexity index is 576. The zero-order valence-electron chi connectivity index (χ0n) is 10.0. The molecule has 1 aromatic carbocycles. The highest BCUT2D eigenvalue weighted by atomic mass is 16.2. The fourth-order valence-electron chi connectivity index (χ4n) is 1.68. The number of rotatable bonds is 3. The molecule has 2 N–H and O–H groups in total. The average Bonchev–Trinajstić information content (AvgIpc) is 2.72. The second-order valence-electron chi connectivity index (χ2n) is 3.86. The Kier molecular flexibility index (Phi) is 3.57. The number of aromatic nitrogens is 2. The molecule has 6 nitrogen and oxygen atoms in total. The number of para-hydroxylation sites is 2. The number of imidazole rings is 1. The molecule has 0 saturated carbocycles. The van der Waals surface area contributed by atoms with Crippen LogP contribution in [0.4, 0.5) is 4.79 Å². The van der Waals surface area contributed by atoms with Crippen molar-refractivity contribution in [2.24, 2.45) is 0 Å². The second kappa shape index (κ2) is 5.31. The molecule has 0 fully saturated rings. The van der Waals surface area contributed by atoms with Crippen LogP contribution in [0.5, 0.6) is 0 Å². The Labute approximate surface area is 104 Å². The SMILES string of the molecule is CC(=O)NC(=O)NCCn1cnc2ccccc21. The van der Waals surface area contributed by atoms with Crippen molar-refractivity contribution >= 4 is 23.0 Å². The third kappa shape index (κ3) is 2.85. The summed E-state index contributed by atoms with van der Waals surface area (Å²) in [5.41, 5.74) is 1.94. The number of nitrogens with zero attached hydrogens (tertiary/aromatic N) is 2. The Hall–Kier alpha value is -2.37. The summed E-state index contributed by atoms with van der Waals surface area (Å²) in [6.45, 7) is 2.33. The van der Waals surface area contributed by atoms with Gasteiger partial charge in [0.1, 0.15) is 0 Å². The van der Waals surface area contributed by atoms with Gasteiger partial charge in [0, 0.05) is 20.0 Å². The monoisotopic (exact) mass is 246 g/mol. The van der Waals surface area contributed by atoms with Crippen molar-refractivity contribution in [1.82, 2.24) is 20.2 Å².